The van der Waals surface area contributed by atoms with E-state index >= 15 is 0 Å². The van der Waals surface area contributed by atoms with E-state index in [1.165, 1.54) is 85.1 Å². The standard InChI is InChI=1S/C35H46P/c1-6-7-8-9-10-14-22-36-23-21-33(30-15-12-11-13-16-30)34(31-19-17-26(2)24-28(31)4)35(36)32-20-18-27(3)25-29(32)5/h11-13,15-20,24-25,33-34H,6-10,14,21-23H2,1-5H3/q+1. The minimum atomic E-state index is -0.145. The van der Waals surface area contributed by atoms with Crippen molar-refractivity contribution in [3.05, 3.63) is 106 Å². The van der Waals surface area contributed by atoms with Crippen molar-refractivity contribution in [2.45, 2.75) is 91.4 Å². The minimum absolute atomic E-state index is 0.145. The average Bonchev–Trinajstić information content (AvgIpc) is 2.87. The molecule has 3 unspecified atom stereocenters. The molecule has 0 bridgehead atoms. The number of hydrogen-bond donors (Lipinski definition) is 0. The van der Waals surface area contributed by atoms with Gasteiger partial charge in [-0.3, -0.25) is 0 Å². The molecule has 1 aliphatic heterocycles. The van der Waals surface area contributed by atoms with Gasteiger partial charge in [0.15, 0.2) is 0 Å². The molecule has 0 spiro atoms. The number of rotatable bonds is 10. The van der Waals surface area contributed by atoms with E-state index in [0.717, 1.165) is 0 Å². The molecule has 1 aliphatic rings. The Hall–Kier alpha value is -2.17. The van der Waals surface area contributed by atoms with Crippen LogP contribution in [0.15, 0.2) is 66.7 Å². The monoisotopic (exact) mass is 497 g/mol. The molecule has 36 heavy (non-hydrogen) atoms. The molecule has 3 atom stereocenters. The predicted octanol–water partition coefficient (Wildman–Crippen LogP) is 10.3. The second kappa shape index (κ2) is 12.9. The molecule has 0 radical (unpaired) electrons. The van der Waals surface area contributed by atoms with Crippen LogP contribution in [0.4, 0.5) is 0 Å². The molecule has 3 aromatic carbocycles. The molecule has 0 aliphatic carbocycles. The fourth-order valence-corrected chi connectivity index (χ4v) is 9.53. The van der Waals surface area contributed by atoms with E-state index in [-0.39, 0.29) is 7.55 Å². The van der Waals surface area contributed by atoms with E-state index in [1.807, 2.05) is 0 Å². The SMILES string of the molecule is CCCCCCCC[P+]1=C(c2ccc(C)cc2C)C(c2ccc(C)cc2C)C(c2ccccc2)CC1. The zero-order valence-corrected chi connectivity index (χ0v) is 24.2. The molecule has 0 aromatic heterocycles. The van der Waals surface area contributed by atoms with Crippen LogP contribution >= 0.6 is 7.55 Å². The highest BCUT2D eigenvalue weighted by Crippen LogP contribution is 2.51. The molecular weight excluding hydrogens is 451 g/mol. The summed E-state index contributed by atoms with van der Waals surface area (Å²) < 4.78 is 0. The van der Waals surface area contributed by atoms with Crippen LogP contribution in [0.1, 0.15) is 103 Å². The van der Waals surface area contributed by atoms with Crippen LogP contribution in [0.25, 0.3) is 0 Å². The number of hydrogen-bond acceptors (Lipinski definition) is 0. The van der Waals surface area contributed by atoms with Gasteiger partial charge in [0.05, 0.1) is 13.5 Å². The highest BCUT2D eigenvalue weighted by Gasteiger charge is 2.41. The molecule has 0 N–H and O–H groups in total. The van der Waals surface area contributed by atoms with Crippen molar-refractivity contribution in [3.63, 3.8) is 0 Å². The van der Waals surface area contributed by atoms with Crippen LogP contribution in [-0.4, -0.2) is 17.6 Å². The summed E-state index contributed by atoms with van der Waals surface area (Å²) in [6.45, 7) is 11.5. The third-order valence-electron chi connectivity index (χ3n) is 8.18. The summed E-state index contributed by atoms with van der Waals surface area (Å²) in [5.41, 5.74) is 10.3. The van der Waals surface area contributed by atoms with Gasteiger partial charge in [0.1, 0.15) is 17.6 Å². The largest absolute Gasteiger partial charge is 0.136 e. The third kappa shape index (κ3) is 6.39. The summed E-state index contributed by atoms with van der Waals surface area (Å²) >= 11 is 0. The van der Waals surface area contributed by atoms with E-state index < -0.39 is 0 Å². The van der Waals surface area contributed by atoms with Crippen LogP contribution in [0.2, 0.25) is 0 Å². The Morgan fingerprint density at radius 1 is 0.722 bits per heavy atom. The van der Waals surface area contributed by atoms with Gasteiger partial charge in [0, 0.05) is 11.5 Å². The van der Waals surface area contributed by atoms with E-state index in [0.29, 0.717) is 11.8 Å². The fraction of sp³-hybridized carbons (Fsp3) is 0.457. The highest BCUT2D eigenvalue weighted by atomic mass is 31.1. The smallest absolute Gasteiger partial charge is 0.0654 e. The van der Waals surface area contributed by atoms with Crippen LogP contribution in [0, 0.1) is 27.7 Å². The Kier molecular flexibility index (Phi) is 9.61. The van der Waals surface area contributed by atoms with Gasteiger partial charge in [0.2, 0.25) is 0 Å². The number of aryl methyl sites for hydroxylation is 4. The lowest BCUT2D eigenvalue weighted by atomic mass is 9.74. The van der Waals surface area contributed by atoms with Gasteiger partial charge in [-0.25, -0.2) is 0 Å². The van der Waals surface area contributed by atoms with Crippen LogP contribution in [0.3, 0.4) is 0 Å². The summed E-state index contributed by atoms with van der Waals surface area (Å²) in [7, 11) is -0.145. The zero-order chi connectivity index (χ0) is 25.5. The average molecular weight is 498 g/mol. The maximum Gasteiger partial charge on any atom is 0.136 e. The van der Waals surface area contributed by atoms with Crippen LogP contribution in [-0.2, 0) is 0 Å². The second-order valence-electron chi connectivity index (χ2n) is 11.1. The minimum Gasteiger partial charge on any atom is -0.0654 e. The zero-order valence-electron chi connectivity index (χ0n) is 23.3. The molecule has 0 nitrogen and oxygen atoms in total. The van der Waals surface area contributed by atoms with Crippen molar-refractivity contribution in [2.24, 2.45) is 0 Å². The topological polar surface area (TPSA) is 0 Å². The van der Waals surface area contributed by atoms with Crippen molar-refractivity contribution in [1.29, 1.82) is 0 Å². The molecule has 1 heteroatoms. The van der Waals surface area contributed by atoms with Gasteiger partial charge in [-0.2, -0.15) is 0 Å². The van der Waals surface area contributed by atoms with Gasteiger partial charge in [-0.15, -0.1) is 0 Å². The maximum absolute atomic E-state index is 2.46. The fourth-order valence-electron chi connectivity index (χ4n) is 6.32. The molecule has 3 aromatic rings. The van der Waals surface area contributed by atoms with Crippen molar-refractivity contribution >= 4 is 12.8 Å². The summed E-state index contributed by atoms with van der Waals surface area (Å²) in [5, 5.41) is 1.78. The first kappa shape index (κ1) is 26.9. The maximum atomic E-state index is 2.46. The molecule has 0 amide bonds. The Morgan fingerprint density at radius 3 is 2.08 bits per heavy atom. The highest BCUT2D eigenvalue weighted by molar-refractivity contribution is 7.59. The first-order chi connectivity index (χ1) is 17.5. The summed E-state index contributed by atoms with van der Waals surface area (Å²) in [6, 6.07) is 25.8. The van der Waals surface area contributed by atoms with Crippen LogP contribution in [0.5, 0.6) is 0 Å². The lowest BCUT2D eigenvalue weighted by Crippen LogP contribution is -2.27. The van der Waals surface area contributed by atoms with Crippen molar-refractivity contribution in [1.82, 2.24) is 0 Å². The van der Waals surface area contributed by atoms with E-state index in [4.69, 9.17) is 0 Å². The summed E-state index contributed by atoms with van der Waals surface area (Å²) in [6.07, 6.45) is 12.4. The first-order valence-electron chi connectivity index (χ1n) is 14.3. The van der Waals surface area contributed by atoms with Gasteiger partial charge in [-0.1, -0.05) is 110 Å². The molecule has 0 saturated heterocycles. The lowest BCUT2D eigenvalue weighted by Gasteiger charge is -2.33. The number of unbranched alkanes of at least 4 members (excludes halogenated alkanes) is 5. The molecule has 1 heterocycles. The van der Waals surface area contributed by atoms with Crippen molar-refractivity contribution in [3.8, 4) is 0 Å². The van der Waals surface area contributed by atoms with Gasteiger partial charge in [0.25, 0.3) is 0 Å². The normalized spacial score (nSPS) is 19.0. The molecule has 4 rings (SSSR count). The van der Waals surface area contributed by atoms with E-state index in [9.17, 15) is 0 Å². The Bertz CT molecular complexity index is 1170. The summed E-state index contributed by atoms with van der Waals surface area (Å²) in [4.78, 5) is 0. The predicted molar refractivity (Wildman–Crippen MR) is 163 cm³/mol. The van der Waals surface area contributed by atoms with Gasteiger partial charge < -0.3 is 0 Å². The Morgan fingerprint density at radius 2 is 1.39 bits per heavy atom. The third-order valence-corrected chi connectivity index (χ3v) is 11.0. The van der Waals surface area contributed by atoms with E-state index in [1.54, 1.807) is 16.4 Å². The van der Waals surface area contributed by atoms with Crippen LogP contribution < -0.4 is 0 Å². The van der Waals surface area contributed by atoms with Crippen molar-refractivity contribution in [2.75, 3.05) is 12.3 Å². The molecule has 0 fully saturated rings. The molecular formula is C35H46P+. The molecule has 190 valence electrons. The first-order valence-corrected chi connectivity index (χ1v) is 16.0. The van der Waals surface area contributed by atoms with Gasteiger partial charge >= 0.3 is 0 Å². The van der Waals surface area contributed by atoms with E-state index in [2.05, 4.69) is 101 Å². The molecule has 0 saturated carbocycles. The Balaban J connectivity index is 1.82. The van der Waals surface area contributed by atoms with Crippen molar-refractivity contribution < 1.29 is 0 Å². The summed E-state index contributed by atoms with van der Waals surface area (Å²) in [5.74, 6) is 1.01. The second-order valence-corrected chi connectivity index (χ2v) is 13.6. The Labute approximate surface area is 222 Å². The van der Waals surface area contributed by atoms with Gasteiger partial charge in [-0.05, 0) is 69.2 Å². The lowest BCUT2D eigenvalue weighted by molar-refractivity contribution is 0.614. The quantitative estimate of drug-likeness (QED) is 0.193. The number of benzene rings is 3.